The molecule has 0 bridgehead atoms. The Labute approximate surface area is 106 Å². The Morgan fingerprint density at radius 2 is 2.11 bits per heavy atom. The van der Waals surface area contributed by atoms with Gasteiger partial charge in [0.15, 0.2) is 0 Å². The molecule has 0 aromatic heterocycles. The number of anilines is 1. The maximum atomic E-state index is 10.6. The quantitative estimate of drug-likeness (QED) is 0.833. The van der Waals surface area contributed by atoms with Gasteiger partial charge in [0.25, 0.3) is 0 Å². The molecule has 96 valence electrons. The zero-order chi connectivity index (χ0) is 13.0. The molecule has 1 saturated heterocycles. The van der Waals surface area contributed by atoms with Gasteiger partial charge in [0, 0.05) is 30.9 Å². The molecule has 1 aromatic carbocycles. The van der Waals surface area contributed by atoms with Crippen LogP contribution in [0.2, 0.25) is 0 Å². The topological polar surface area (TPSA) is 49.8 Å². The van der Waals surface area contributed by atoms with Crippen molar-refractivity contribution in [1.29, 1.82) is 0 Å². The Morgan fingerprint density at radius 3 is 2.72 bits per heavy atom. The van der Waals surface area contributed by atoms with Crippen molar-refractivity contribution in [2.75, 3.05) is 25.1 Å². The van der Waals surface area contributed by atoms with E-state index in [4.69, 9.17) is 9.84 Å². The SMILES string of the molecule is COc1cccc(N2CCC(=CC(=O)O)CC2)c1. The first-order valence-corrected chi connectivity index (χ1v) is 6.00. The molecule has 4 nitrogen and oxygen atoms in total. The van der Waals surface area contributed by atoms with Crippen LogP contribution in [-0.2, 0) is 4.79 Å². The summed E-state index contributed by atoms with van der Waals surface area (Å²) in [7, 11) is 1.66. The van der Waals surface area contributed by atoms with Gasteiger partial charge < -0.3 is 14.7 Å². The molecule has 0 saturated carbocycles. The van der Waals surface area contributed by atoms with Crippen molar-refractivity contribution >= 4 is 11.7 Å². The first kappa shape index (κ1) is 12.5. The fraction of sp³-hybridized carbons (Fsp3) is 0.357. The fourth-order valence-electron chi connectivity index (χ4n) is 2.18. The Hall–Kier alpha value is -1.97. The summed E-state index contributed by atoms with van der Waals surface area (Å²) in [6.45, 7) is 1.71. The molecule has 1 aliphatic rings. The lowest BCUT2D eigenvalue weighted by atomic mass is 10.0. The number of ether oxygens (including phenoxy) is 1. The number of carboxylic acids is 1. The second kappa shape index (κ2) is 5.58. The first-order chi connectivity index (χ1) is 8.69. The van der Waals surface area contributed by atoms with Crippen molar-refractivity contribution in [3.8, 4) is 5.75 Å². The zero-order valence-electron chi connectivity index (χ0n) is 10.4. The summed E-state index contributed by atoms with van der Waals surface area (Å²) in [5.41, 5.74) is 2.14. The van der Waals surface area contributed by atoms with Crippen LogP contribution in [0.4, 0.5) is 5.69 Å². The monoisotopic (exact) mass is 247 g/mol. The second-order valence-electron chi connectivity index (χ2n) is 4.33. The molecular formula is C14H17NO3. The summed E-state index contributed by atoms with van der Waals surface area (Å²) in [5.74, 6) is -0.000736. The number of rotatable bonds is 3. The van der Waals surface area contributed by atoms with Crippen LogP contribution in [0, 0.1) is 0 Å². The smallest absolute Gasteiger partial charge is 0.328 e. The van der Waals surface area contributed by atoms with Crippen LogP contribution in [0.25, 0.3) is 0 Å². The lowest BCUT2D eigenvalue weighted by Gasteiger charge is -2.30. The number of aliphatic carboxylic acids is 1. The molecule has 0 amide bonds. The standard InChI is InChI=1S/C14H17NO3/c1-18-13-4-2-3-12(10-13)15-7-5-11(6-8-15)9-14(16)17/h2-4,9-10H,5-8H2,1H3,(H,16,17). The fourth-order valence-corrected chi connectivity index (χ4v) is 2.18. The first-order valence-electron chi connectivity index (χ1n) is 6.00. The van der Waals surface area contributed by atoms with E-state index >= 15 is 0 Å². The lowest BCUT2D eigenvalue weighted by Crippen LogP contribution is -2.30. The largest absolute Gasteiger partial charge is 0.497 e. The van der Waals surface area contributed by atoms with E-state index in [1.165, 1.54) is 6.08 Å². The highest BCUT2D eigenvalue weighted by Crippen LogP contribution is 2.25. The number of carbonyl (C=O) groups is 1. The predicted molar refractivity (Wildman–Crippen MR) is 70.2 cm³/mol. The highest BCUT2D eigenvalue weighted by Gasteiger charge is 2.15. The van der Waals surface area contributed by atoms with E-state index in [9.17, 15) is 4.79 Å². The van der Waals surface area contributed by atoms with E-state index in [1.807, 2.05) is 18.2 Å². The van der Waals surface area contributed by atoms with Crippen LogP contribution in [-0.4, -0.2) is 31.3 Å². The van der Waals surface area contributed by atoms with Gasteiger partial charge in [-0.2, -0.15) is 0 Å². The van der Waals surface area contributed by atoms with Crippen molar-refractivity contribution in [2.45, 2.75) is 12.8 Å². The minimum Gasteiger partial charge on any atom is -0.497 e. The molecule has 1 N–H and O–H groups in total. The summed E-state index contributed by atoms with van der Waals surface area (Å²) in [6, 6.07) is 7.94. The second-order valence-corrected chi connectivity index (χ2v) is 4.33. The van der Waals surface area contributed by atoms with Crippen LogP contribution in [0.3, 0.4) is 0 Å². The molecule has 0 spiro atoms. The van der Waals surface area contributed by atoms with Gasteiger partial charge in [-0.1, -0.05) is 11.6 Å². The molecule has 0 aliphatic carbocycles. The molecule has 1 fully saturated rings. The minimum atomic E-state index is -0.847. The third-order valence-electron chi connectivity index (χ3n) is 3.15. The van der Waals surface area contributed by atoms with Crippen LogP contribution in [0.5, 0.6) is 5.75 Å². The van der Waals surface area contributed by atoms with Crippen molar-refractivity contribution in [3.63, 3.8) is 0 Å². The van der Waals surface area contributed by atoms with Gasteiger partial charge >= 0.3 is 5.97 Å². The van der Waals surface area contributed by atoms with E-state index in [0.29, 0.717) is 0 Å². The molecule has 4 heteroatoms. The molecule has 0 unspecified atom stereocenters. The molecule has 1 heterocycles. The number of nitrogens with zero attached hydrogens (tertiary/aromatic N) is 1. The van der Waals surface area contributed by atoms with Gasteiger partial charge in [0.1, 0.15) is 5.75 Å². The van der Waals surface area contributed by atoms with E-state index in [1.54, 1.807) is 7.11 Å². The maximum absolute atomic E-state index is 10.6. The van der Waals surface area contributed by atoms with Gasteiger partial charge in [0.2, 0.25) is 0 Å². The van der Waals surface area contributed by atoms with Crippen LogP contribution >= 0.6 is 0 Å². The molecule has 1 aliphatic heterocycles. The van der Waals surface area contributed by atoms with Crippen LogP contribution in [0.1, 0.15) is 12.8 Å². The summed E-state index contributed by atoms with van der Waals surface area (Å²) >= 11 is 0. The molecule has 0 radical (unpaired) electrons. The van der Waals surface area contributed by atoms with Gasteiger partial charge in [-0.15, -0.1) is 0 Å². The van der Waals surface area contributed by atoms with E-state index < -0.39 is 5.97 Å². The highest BCUT2D eigenvalue weighted by molar-refractivity contribution is 5.80. The normalized spacial score (nSPS) is 15.4. The van der Waals surface area contributed by atoms with Crippen molar-refractivity contribution in [3.05, 3.63) is 35.9 Å². The van der Waals surface area contributed by atoms with E-state index in [0.717, 1.165) is 42.9 Å². The zero-order valence-corrected chi connectivity index (χ0v) is 10.4. The van der Waals surface area contributed by atoms with Crippen molar-refractivity contribution in [2.24, 2.45) is 0 Å². The third kappa shape index (κ3) is 3.03. The van der Waals surface area contributed by atoms with Crippen molar-refractivity contribution < 1.29 is 14.6 Å². The van der Waals surface area contributed by atoms with Gasteiger partial charge in [-0.3, -0.25) is 0 Å². The molecule has 18 heavy (non-hydrogen) atoms. The number of hydrogen-bond donors (Lipinski definition) is 1. The Kier molecular flexibility index (Phi) is 3.87. The lowest BCUT2D eigenvalue weighted by molar-refractivity contribution is -0.131. The summed E-state index contributed by atoms with van der Waals surface area (Å²) < 4.78 is 5.20. The third-order valence-corrected chi connectivity index (χ3v) is 3.15. The molecule has 1 aromatic rings. The Balaban J connectivity index is 2.03. The summed E-state index contributed by atoms with van der Waals surface area (Å²) in [4.78, 5) is 12.8. The van der Waals surface area contributed by atoms with Crippen LogP contribution in [0.15, 0.2) is 35.9 Å². The van der Waals surface area contributed by atoms with Crippen molar-refractivity contribution in [1.82, 2.24) is 0 Å². The maximum Gasteiger partial charge on any atom is 0.328 e. The predicted octanol–water partition coefficient (Wildman–Crippen LogP) is 2.31. The minimum absolute atomic E-state index is 0.809. The van der Waals surface area contributed by atoms with Gasteiger partial charge in [-0.05, 0) is 25.0 Å². The summed E-state index contributed by atoms with van der Waals surface area (Å²) in [6.07, 6.45) is 2.95. The average Bonchev–Trinajstić information content (AvgIpc) is 2.39. The number of benzene rings is 1. The number of piperidine rings is 1. The Bertz CT molecular complexity index is 458. The molecule has 0 atom stereocenters. The van der Waals surface area contributed by atoms with E-state index in [2.05, 4.69) is 11.0 Å². The highest BCUT2D eigenvalue weighted by atomic mass is 16.5. The van der Waals surface area contributed by atoms with Gasteiger partial charge in [0.05, 0.1) is 7.11 Å². The summed E-state index contributed by atoms with van der Waals surface area (Å²) in [5, 5.41) is 8.71. The van der Waals surface area contributed by atoms with Gasteiger partial charge in [-0.25, -0.2) is 4.79 Å². The van der Waals surface area contributed by atoms with E-state index in [-0.39, 0.29) is 0 Å². The number of carboxylic acid groups (broad SMARTS) is 1. The number of hydrogen-bond acceptors (Lipinski definition) is 3. The van der Waals surface area contributed by atoms with Crippen LogP contribution < -0.4 is 9.64 Å². The Morgan fingerprint density at radius 1 is 1.39 bits per heavy atom. The molecular weight excluding hydrogens is 230 g/mol. The molecule has 2 rings (SSSR count). The average molecular weight is 247 g/mol. The number of methoxy groups -OCH3 is 1.